The van der Waals surface area contributed by atoms with Crippen molar-refractivity contribution in [2.75, 3.05) is 5.32 Å². The summed E-state index contributed by atoms with van der Waals surface area (Å²) in [7, 11) is 0. The van der Waals surface area contributed by atoms with Crippen molar-refractivity contribution in [2.45, 2.75) is 26.4 Å². The minimum atomic E-state index is -0.139. The zero-order chi connectivity index (χ0) is 11.5. The molecule has 3 N–H and O–H groups in total. The molecule has 0 saturated heterocycles. The Kier molecular flexibility index (Phi) is 2.86. The summed E-state index contributed by atoms with van der Waals surface area (Å²) < 4.78 is 10.6. The van der Waals surface area contributed by atoms with Gasteiger partial charge in [0, 0.05) is 0 Å². The van der Waals surface area contributed by atoms with Crippen molar-refractivity contribution in [1.29, 1.82) is 0 Å². The van der Waals surface area contributed by atoms with E-state index in [0.29, 0.717) is 17.8 Å². The quantitative estimate of drug-likeness (QED) is 0.796. The summed E-state index contributed by atoms with van der Waals surface area (Å²) >= 11 is 0. The molecule has 1 unspecified atom stereocenters. The van der Waals surface area contributed by atoms with E-state index in [1.807, 2.05) is 13.8 Å². The number of nitrogens with two attached hydrogens (primary N) is 1. The summed E-state index contributed by atoms with van der Waals surface area (Å²) in [6.07, 6.45) is 1.66. The van der Waals surface area contributed by atoms with Gasteiger partial charge in [0.05, 0.1) is 12.7 Å². The van der Waals surface area contributed by atoms with Gasteiger partial charge >= 0.3 is 6.01 Å². The van der Waals surface area contributed by atoms with Gasteiger partial charge in [-0.2, -0.15) is 0 Å². The third-order valence-corrected chi connectivity index (χ3v) is 1.99. The standard InChI is InChI=1S/C9H13N5O2/c1-5-4-11-8(15-5)6(2)12-9-14-13-7(3-10)16-9/h4,6H,3,10H2,1-2H3,(H,12,14). The molecule has 2 aromatic rings. The summed E-state index contributed by atoms with van der Waals surface area (Å²) in [5.41, 5.74) is 5.35. The fourth-order valence-electron chi connectivity index (χ4n) is 1.21. The number of rotatable bonds is 4. The van der Waals surface area contributed by atoms with E-state index in [1.165, 1.54) is 0 Å². The van der Waals surface area contributed by atoms with Crippen LogP contribution in [-0.4, -0.2) is 15.2 Å². The number of nitrogens with one attached hydrogen (secondary N) is 1. The lowest BCUT2D eigenvalue weighted by atomic mass is 10.3. The molecule has 0 fully saturated rings. The van der Waals surface area contributed by atoms with Gasteiger partial charge in [-0.25, -0.2) is 4.98 Å². The minimum Gasteiger partial charge on any atom is -0.444 e. The first-order valence-electron chi connectivity index (χ1n) is 4.90. The lowest BCUT2D eigenvalue weighted by Crippen LogP contribution is -2.07. The Morgan fingerprint density at radius 3 is 2.81 bits per heavy atom. The van der Waals surface area contributed by atoms with Gasteiger partial charge in [-0.3, -0.25) is 0 Å². The Morgan fingerprint density at radius 2 is 2.25 bits per heavy atom. The van der Waals surface area contributed by atoms with Crippen LogP contribution in [0.25, 0.3) is 0 Å². The molecule has 0 aliphatic heterocycles. The number of aryl methyl sites for hydroxylation is 1. The molecule has 16 heavy (non-hydrogen) atoms. The summed E-state index contributed by atoms with van der Waals surface area (Å²) in [5, 5.41) is 10.5. The SMILES string of the molecule is Cc1cnc(C(C)Nc2nnc(CN)o2)o1. The molecule has 2 rings (SSSR count). The smallest absolute Gasteiger partial charge is 0.316 e. The van der Waals surface area contributed by atoms with Crippen molar-refractivity contribution in [3.63, 3.8) is 0 Å². The first-order valence-corrected chi connectivity index (χ1v) is 4.90. The van der Waals surface area contributed by atoms with Crippen molar-refractivity contribution in [3.05, 3.63) is 23.7 Å². The minimum absolute atomic E-state index is 0.139. The largest absolute Gasteiger partial charge is 0.444 e. The Morgan fingerprint density at radius 1 is 1.44 bits per heavy atom. The summed E-state index contributed by atoms with van der Waals surface area (Å²) in [6.45, 7) is 3.95. The zero-order valence-electron chi connectivity index (χ0n) is 9.10. The van der Waals surface area contributed by atoms with E-state index in [2.05, 4.69) is 20.5 Å². The van der Waals surface area contributed by atoms with Gasteiger partial charge in [0.2, 0.25) is 11.8 Å². The fourth-order valence-corrected chi connectivity index (χ4v) is 1.21. The van der Waals surface area contributed by atoms with Crippen LogP contribution >= 0.6 is 0 Å². The maximum absolute atomic E-state index is 5.36. The van der Waals surface area contributed by atoms with Gasteiger partial charge in [0.1, 0.15) is 11.8 Å². The van der Waals surface area contributed by atoms with E-state index in [9.17, 15) is 0 Å². The predicted octanol–water partition coefficient (Wildman–Crippen LogP) is 0.998. The van der Waals surface area contributed by atoms with Crippen molar-refractivity contribution >= 4 is 6.01 Å². The lowest BCUT2D eigenvalue weighted by Gasteiger charge is -2.06. The normalized spacial score (nSPS) is 12.7. The van der Waals surface area contributed by atoms with E-state index in [1.54, 1.807) is 6.20 Å². The van der Waals surface area contributed by atoms with Gasteiger partial charge in [0.25, 0.3) is 0 Å². The van der Waals surface area contributed by atoms with Crippen LogP contribution in [0.15, 0.2) is 15.0 Å². The van der Waals surface area contributed by atoms with Crippen molar-refractivity contribution in [2.24, 2.45) is 5.73 Å². The highest BCUT2D eigenvalue weighted by atomic mass is 16.4. The number of nitrogens with zero attached hydrogens (tertiary/aromatic N) is 3. The van der Waals surface area contributed by atoms with Crippen LogP contribution in [0.3, 0.4) is 0 Å². The van der Waals surface area contributed by atoms with Gasteiger partial charge in [-0.05, 0) is 13.8 Å². The Balaban J connectivity index is 2.04. The highest BCUT2D eigenvalue weighted by Crippen LogP contribution is 2.17. The molecule has 0 saturated carbocycles. The molecule has 7 nitrogen and oxygen atoms in total. The number of hydrogen-bond acceptors (Lipinski definition) is 7. The second-order valence-electron chi connectivity index (χ2n) is 3.38. The fraction of sp³-hybridized carbons (Fsp3) is 0.444. The third-order valence-electron chi connectivity index (χ3n) is 1.99. The van der Waals surface area contributed by atoms with Gasteiger partial charge in [0.15, 0.2) is 0 Å². The number of hydrogen-bond donors (Lipinski definition) is 2. The summed E-state index contributed by atoms with van der Waals surface area (Å²) in [5.74, 6) is 1.72. The molecular formula is C9H13N5O2. The number of anilines is 1. The molecule has 0 aromatic carbocycles. The molecular weight excluding hydrogens is 210 g/mol. The lowest BCUT2D eigenvalue weighted by molar-refractivity contribution is 0.443. The molecule has 86 valence electrons. The molecule has 0 bridgehead atoms. The van der Waals surface area contributed by atoms with E-state index >= 15 is 0 Å². The van der Waals surface area contributed by atoms with E-state index < -0.39 is 0 Å². The van der Waals surface area contributed by atoms with Gasteiger partial charge in [-0.1, -0.05) is 5.10 Å². The van der Waals surface area contributed by atoms with Crippen LogP contribution < -0.4 is 11.1 Å². The first kappa shape index (κ1) is 10.6. The summed E-state index contributed by atoms with van der Waals surface area (Å²) in [4.78, 5) is 4.10. The van der Waals surface area contributed by atoms with Crippen LogP contribution in [-0.2, 0) is 6.54 Å². The number of aromatic nitrogens is 3. The van der Waals surface area contributed by atoms with Crippen molar-refractivity contribution < 1.29 is 8.83 Å². The molecule has 0 spiro atoms. The van der Waals surface area contributed by atoms with Gasteiger partial charge in [-0.15, -0.1) is 5.10 Å². The maximum Gasteiger partial charge on any atom is 0.316 e. The van der Waals surface area contributed by atoms with Crippen LogP contribution in [0.1, 0.15) is 30.5 Å². The molecule has 1 atom stereocenters. The van der Waals surface area contributed by atoms with E-state index in [-0.39, 0.29) is 12.6 Å². The molecule has 7 heteroatoms. The molecule has 0 aliphatic carbocycles. The first-order chi connectivity index (χ1) is 7.69. The predicted molar refractivity (Wildman–Crippen MR) is 55.5 cm³/mol. The molecule has 2 aromatic heterocycles. The zero-order valence-corrected chi connectivity index (χ0v) is 9.10. The number of oxazole rings is 1. The molecule has 2 heterocycles. The molecule has 0 radical (unpaired) electrons. The van der Waals surface area contributed by atoms with Crippen LogP contribution in [0.5, 0.6) is 0 Å². The van der Waals surface area contributed by atoms with E-state index in [0.717, 1.165) is 5.76 Å². The van der Waals surface area contributed by atoms with Crippen LogP contribution in [0, 0.1) is 6.92 Å². The Hall–Kier alpha value is -1.89. The van der Waals surface area contributed by atoms with E-state index in [4.69, 9.17) is 14.6 Å². The topological polar surface area (TPSA) is 103 Å². The molecule has 0 aliphatic rings. The average molecular weight is 223 g/mol. The molecule has 0 amide bonds. The highest BCUT2D eigenvalue weighted by molar-refractivity contribution is 5.21. The third kappa shape index (κ3) is 2.19. The highest BCUT2D eigenvalue weighted by Gasteiger charge is 2.14. The monoisotopic (exact) mass is 223 g/mol. The van der Waals surface area contributed by atoms with Crippen molar-refractivity contribution in [3.8, 4) is 0 Å². The van der Waals surface area contributed by atoms with Crippen LogP contribution in [0.2, 0.25) is 0 Å². The van der Waals surface area contributed by atoms with Crippen LogP contribution in [0.4, 0.5) is 6.01 Å². The second kappa shape index (κ2) is 4.31. The Labute approximate surface area is 92.1 Å². The average Bonchev–Trinajstić information content (AvgIpc) is 2.87. The maximum atomic E-state index is 5.36. The summed E-state index contributed by atoms with van der Waals surface area (Å²) in [6, 6.07) is 0.170. The van der Waals surface area contributed by atoms with Gasteiger partial charge < -0.3 is 19.9 Å². The second-order valence-corrected chi connectivity index (χ2v) is 3.38. The Bertz CT molecular complexity index is 464. The van der Waals surface area contributed by atoms with Crippen molar-refractivity contribution in [1.82, 2.24) is 15.2 Å².